The number of fused-ring (bicyclic) bond motifs is 8. The molecule has 0 radical (unpaired) electrons. The van der Waals surface area contributed by atoms with Gasteiger partial charge in [0.05, 0.1) is 11.6 Å². The van der Waals surface area contributed by atoms with Crippen LogP contribution in [0.1, 0.15) is 5.56 Å². The van der Waals surface area contributed by atoms with Crippen LogP contribution in [0.25, 0.3) is 98.4 Å². The summed E-state index contributed by atoms with van der Waals surface area (Å²) in [5.74, 6) is 1.62. The van der Waals surface area contributed by atoms with Crippen molar-refractivity contribution in [1.29, 1.82) is 5.26 Å². The Hall–Kier alpha value is -7.21. The van der Waals surface area contributed by atoms with E-state index in [4.69, 9.17) is 4.74 Å². The van der Waals surface area contributed by atoms with Crippen molar-refractivity contribution in [3.63, 3.8) is 0 Å². The van der Waals surface area contributed by atoms with Gasteiger partial charge >= 0.3 is 0 Å². The maximum Gasteiger partial charge on any atom is 0.135 e. The minimum absolute atomic E-state index is 0.660. The molecule has 0 amide bonds. The Bertz CT molecular complexity index is 3210. The molecule has 10 aromatic carbocycles. The zero-order chi connectivity index (χ0) is 35.0. The summed E-state index contributed by atoms with van der Waals surface area (Å²) in [6, 6.07) is 65.4. The molecule has 244 valence electrons. The molecule has 0 saturated carbocycles. The largest absolute Gasteiger partial charge is 0.456 e. The second kappa shape index (κ2) is 11.4. The Labute approximate surface area is 306 Å². The van der Waals surface area contributed by atoms with Crippen LogP contribution in [0.5, 0.6) is 11.5 Å². The SMILES string of the molecule is N#Cc1ccc2c3c(cccc13)Oc1cc(-c3ccc4cc(-c5cc6c7ccccc7c(-c7ccccc7)cc6c6ccccc56)ccc4c3)ccc1-2. The van der Waals surface area contributed by atoms with Crippen LogP contribution in [0.3, 0.4) is 0 Å². The first-order valence-electron chi connectivity index (χ1n) is 18.0. The lowest BCUT2D eigenvalue weighted by Gasteiger charge is -2.22. The van der Waals surface area contributed by atoms with E-state index in [1.54, 1.807) is 0 Å². The van der Waals surface area contributed by atoms with Crippen LogP contribution in [-0.2, 0) is 0 Å². The van der Waals surface area contributed by atoms with Gasteiger partial charge in [-0.3, -0.25) is 0 Å². The molecule has 11 rings (SSSR count). The fourth-order valence-corrected chi connectivity index (χ4v) is 8.55. The number of hydrogen-bond donors (Lipinski definition) is 0. The number of hydrogen-bond acceptors (Lipinski definition) is 2. The van der Waals surface area contributed by atoms with E-state index >= 15 is 0 Å². The molecular weight excluding hydrogens is 643 g/mol. The zero-order valence-electron chi connectivity index (χ0n) is 28.6. The highest BCUT2D eigenvalue weighted by Gasteiger charge is 2.22. The van der Waals surface area contributed by atoms with Crippen molar-refractivity contribution < 1.29 is 4.74 Å². The van der Waals surface area contributed by atoms with Crippen LogP contribution < -0.4 is 4.74 Å². The van der Waals surface area contributed by atoms with Gasteiger partial charge in [0.2, 0.25) is 0 Å². The Balaban J connectivity index is 1.02. The minimum Gasteiger partial charge on any atom is -0.456 e. The molecule has 0 unspecified atom stereocenters. The molecule has 0 spiro atoms. The van der Waals surface area contributed by atoms with E-state index in [0.717, 1.165) is 44.5 Å². The predicted molar refractivity (Wildman–Crippen MR) is 221 cm³/mol. The quantitative estimate of drug-likeness (QED) is 0.175. The molecule has 2 nitrogen and oxygen atoms in total. The molecule has 1 aliphatic heterocycles. The van der Waals surface area contributed by atoms with E-state index in [0.29, 0.717) is 5.56 Å². The third-order valence-corrected chi connectivity index (χ3v) is 11.1. The van der Waals surface area contributed by atoms with Gasteiger partial charge < -0.3 is 4.74 Å². The van der Waals surface area contributed by atoms with Crippen molar-refractivity contribution in [2.24, 2.45) is 0 Å². The summed E-state index contributed by atoms with van der Waals surface area (Å²) in [4.78, 5) is 0. The Morgan fingerprint density at radius 1 is 0.340 bits per heavy atom. The maximum absolute atomic E-state index is 9.68. The van der Waals surface area contributed by atoms with Gasteiger partial charge in [-0.2, -0.15) is 5.26 Å². The van der Waals surface area contributed by atoms with Crippen LogP contribution in [0.15, 0.2) is 176 Å². The first-order valence-corrected chi connectivity index (χ1v) is 18.0. The van der Waals surface area contributed by atoms with Crippen LogP contribution in [-0.4, -0.2) is 0 Å². The van der Waals surface area contributed by atoms with Crippen LogP contribution in [0.2, 0.25) is 0 Å². The topological polar surface area (TPSA) is 33.0 Å². The predicted octanol–water partition coefficient (Wildman–Crippen LogP) is 14.1. The maximum atomic E-state index is 9.68. The van der Waals surface area contributed by atoms with Crippen LogP contribution in [0, 0.1) is 11.3 Å². The minimum atomic E-state index is 0.660. The summed E-state index contributed by atoms with van der Waals surface area (Å²) >= 11 is 0. The molecule has 0 aromatic heterocycles. The first-order chi connectivity index (χ1) is 26.2. The third-order valence-electron chi connectivity index (χ3n) is 11.1. The van der Waals surface area contributed by atoms with E-state index in [9.17, 15) is 5.26 Å². The molecule has 0 atom stereocenters. The van der Waals surface area contributed by atoms with Crippen molar-refractivity contribution in [3.05, 3.63) is 181 Å². The zero-order valence-corrected chi connectivity index (χ0v) is 28.6. The summed E-state index contributed by atoms with van der Waals surface area (Å²) in [5.41, 5.74) is 9.96. The summed E-state index contributed by atoms with van der Waals surface area (Å²) in [5, 5.41) is 21.6. The van der Waals surface area contributed by atoms with Gasteiger partial charge in [0.15, 0.2) is 0 Å². The lowest BCUT2D eigenvalue weighted by molar-refractivity contribution is 0.487. The van der Waals surface area contributed by atoms with Crippen molar-refractivity contribution in [2.45, 2.75) is 0 Å². The molecule has 0 aliphatic carbocycles. The second-order valence-corrected chi connectivity index (χ2v) is 13.9. The number of nitriles is 1. The number of ether oxygens (including phenoxy) is 1. The van der Waals surface area contributed by atoms with E-state index in [1.165, 1.54) is 65.3 Å². The highest BCUT2D eigenvalue weighted by molar-refractivity contribution is 6.24. The van der Waals surface area contributed by atoms with Crippen LogP contribution in [0.4, 0.5) is 0 Å². The van der Waals surface area contributed by atoms with Gasteiger partial charge in [0.25, 0.3) is 0 Å². The number of nitrogens with zero attached hydrogens (tertiary/aromatic N) is 1. The summed E-state index contributed by atoms with van der Waals surface area (Å²) < 4.78 is 6.48. The Kier molecular flexibility index (Phi) is 6.35. The Morgan fingerprint density at radius 2 is 0.906 bits per heavy atom. The summed E-state index contributed by atoms with van der Waals surface area (Å²) in [6.07, 6.45) is 0. The van der Waals surface area contributed by atoms with E-state index in [2.05, 4.69) is 152 Å². The summed E-state index contributed by atoms with van der Waals surface area (Å²) in [6.45, 7) is 0. The molecule has 0 bridgehead atoms. The second-order valence-electron chi connectivity index (χ2n) is 13.9. The fourth-order valence-electron chi connectivity index (χ4n) is 8.55. The molecule has 1 heterocycles. The average Bonchev–Trinajstić information content (AvgIpc) is 3.23. The Morgan fingerprint density at radius 3 is 1.62 bits per heavy atom. The van der Waals surface area contributed by atoms with E-state index in [1.807, 2.05) is 30.3 Å². The highest BCUT2D eigenvalue weighted by atomic mass is 16.5. The van der Waals surface area contributed by atoms with Gasteiger partial charge in [-0.15, -0.1) is 0 Å². The smallest absolute Gasteiger partial charge is 0.135 e. The van der Waals surface area contributed by atoms with Gasteiger partial charge in [-0.05, 0) is 131 Å². The molecule has 0 fully saturated rings. The van der Waals surface area contributed by atoms with E-state index in [-0.39, 0.29) is 0 Å². The molecule has 2 heteroatoms. The monoisotopic (exact) mass is 671 g/mol. The number of rotatable bonds is 3. The standard InChI is InChI=1S/C51H29NO/c52-30-37-22-24-44-43-23-21-35(27-50(43)53-49-16-8-15-38(37)51(44)49)33-17-18-34-26-36(20-19-32(34)25-33)46-29-48-41-13-6-4-11-39(41)45(31-9-2-1-3-10-31)28-47(48)42-14-7-5-12-40(42)46/h1-29H. The van der Waals surface area contributed by atoms with Gasteiger partial charge in [0.1, 0.15) is 11.5 Å². The van der Waals surface area contributed by atoms with Gasteiger partial charge in [-0.1, -0.05) is 127 Å². The van der Waals surface area contributed by atoms with Crippen molar-refractivity contribution in [3.8, 4) is 62.1 Å². The lowest BCUT2D eigenvalue weighted by Crippen LogP contribution is -1.98. The van der Waals surface area contributed by atoms with Crippen molar-refractivity contribution in [1.82, 2.24) is 0 Å². The summed E-state index contributed by atoms with van der Waals surface area (Å²) in [7, 11) is 0. The molecule has 53 heavy (non-hydrogen) atoms. The van der Waals surface area contributed by atoms with Crippen molar-refractivity contribution in [2.75, 3.05) is 0 Å². The lowest BCUT2D eigenvalue weighted by atomic mass is 9.87. The first kappa shape index (κ1) is 29.5. The molecule has 0 saturated heterocycles. The van der Waals surface area contributed by atoms with Gasteiger partial charge in [0, 0.05) is 16.3 Å². The van der Waals surface area contributed by atoms with Gasteiger partial charge in [-0.25, -0.2) is 0 Å². The normalized spacial score (nSPS) is 11.9. The highest BCUT2D eigenvalue weighted by Crippen LogP contribution is 2.48. The number of benzene rings is 10. The molecule has 0 N–H and O–H groups in total. The molecular formula is C51H29NO. The van der Waals surface area contributed by atoms with Crippen molar-refractivity contribution >= 4 is 53.9 Å². The van der Waals surface area contributed by atoms with Crippen LogP contribution >= 0.6 is 0 Å². The average molecular weight is 672 g/mol. The third kappa shape index (κ3) is 4.51. The van der Waals surface area contributed by atoms with E-state index < -0.39 is 0 Å². The molecule has 1 aliphatic rings. The fraction of sp³-hybridized carbons (Fsp3) is 0. The molecule has 10 aromatic rings.